The van der Waals surface area contributed by atoms with E-state index in [-0.39, 0.29) is 31.1 Å². The monoisotopic (exact) mass is 939 g/mol. The van der Waals surface area contributed by atoms with Crippen molar-refractivity contribution in [2.75, 3.05) is 13.2 Å². The highest BCUT2D eigenvalue weighted by molar-refractivity contribution is 5.71. The molecule has 0 bridgehead atoms. The molecule has 0 amide bonds. The Morgan fingerprint density at radius 2 is 0.582 bits per heavy atom. The normalized spacial score (nSPS) is 12.3. The molecular formula is C61H110O6. The maximum atomic E-state index is 12.8. The minimum absolute atomic E-state index is 0.0799. The molecule has 0 rings (SSSR count). The number of carbonyl (C=O) groups is 3. The van der Waals surface area contributed by atoms with Gasteiger partial charge in [0, 0.05) is 19.3 Å². The van der Waals surface area contributed by atoms with Gasteiger partial charge in [-0.1, -0.05) is 256 Å². The summed E-state index contributed by atoms with van der Waals surface area (Å²) >= 11 is 0. The van der Waals surface area contributed by atoms with Gasteiger partial charge in [0.25, 0.3) is 0 Å². The highest BCUT2D eigenvalue weighted by Gasteiger charge is 2.19. The van der Waals surface area contributed by atoms with Gasteiger partial charge in [0.2, 0.25) is 0 Å². The number of hydrogen-bond acceptors (Lipinski definition) is 6. The summed E-state index contributed by atoms with van der Waals surface area (Å²) in [6.45, 7) is 6.53. The van der Waals surface area contributed by atoms with E-state index < -0.39 is 6.10 Å². The minimum Gasteiger partial charge on any atom is -0.462 e. The third kappa shape index (κ3) is 54.2. The molecule has 1 unspecified atom stereocenters. The lowest BCUT2D eigenvalue weighted by atomic mass is 10.0. The summed E-state index contributed by atoms with van der Waals surface area (Å²) in [5.41, 5.74) is 0. The summed E-state index contributed by atoms with van der Waals surface area (Å²) in [6.07, 6.45) is 68.2. The molecule has 0 aliphatic rings. The zero-order valence-electron chi connectivity index (χ0n) is 44.7. The van der Waals surface area contributed by atoms with Crippen molar-refractivity contribution in [3.05, 3.63) is 48.6 Å². The third-order valence-corrected chi connectivity index (χ3v) is 12.8. The fourth-order valence-electron chi connectivity index (χ4n) is 8.45. The van der Waals surface area contributed by atoms with Gasteiger partial charge in [-0.05, 0) is 77.0 Å². The molecule has 0 N–H and O–H groups in total. The summed E-state index contributed by atoms with van der Waals surface area (Å²) in [4.78, 5) is 38.1. The highest BCUT2D eigenvalue weighted by Crippen LogP contribution is 2.17. The van der Waals surface area contributed by atoms with E-state index in [1.165, 1.54) is 161 Å². The molecule has 390 valence electrons. The van der Waals surface area contributed by atoms with Crippen LogP contribution in [-0.2, 0) is 28.6 Å². The van der Waals surface area contributed by atoms with Gasteiger partial charge in [0.05, 0.1) is 0 Å². The number of hydrogen-bond donors (Lipinski definition) is 0. The van der Waals surface area contributed by atoms with Crippen molar-refractivity contribution in [2.45, 2.75) is 309 Å². The predicted octanol–water partition coefficient (Wildman–Crippen LogP) is 19.4. The molecule has 0 aromatic heterocycles. The van der Waals surface area contributed by atoms with Crippen molar-refractivity contribution in [1.82, 2.24) is 0 Å². The second-order valence-electron chi connectivity index (χ2n) is 19.5. The van der Waals surface area contributed by atoms with Crippen LogP contribution in [0, 0.1) is 0 Å². The number of ether oxygens (including phenoxy) is 3. The molecule has 0 aromatic rings. The Morgan fingerprint density at radius 1 is 0.313 bits per heavy atom. The van der Waals surface area contributed by atoms with E-state index in [2.05, 4.69) is 69.4 Å². The van der Waals surface area contributed by atoms with Gasteiger partial charge < -0.3 is 14.2 Å². The van der Waals surface area contributed by atoms with Gasteiger partial charge in [-0.15, -0.1) is 0 Å². The van der Waals surface area contributed by atoms with Crippen LogP contribution in [0.15, 0.2) is 48.6 Å². The number of esters is 3. The quantitative estimate of drug-likeness (QED) is 0.0262. The van der Waals surface area contributed by atoms with Crippen molar-refractivity contribution in [2.24, 2.45) is 0 Å². The van der Waals surface area contributed by atoms with Crippen LogP contribution in [0.5, 0.6) is 0 Å². The second-order valence-corrected chi connectivity index (χ2v) is 19.5. The Hall–Kier alpha value is -2.63. The van der Waals surface area contributed by atoms with Gasteiger partial charge >= 0.3 is 17.9 Å². The molecule has 0 fully saturated rings. The molecule has 0 heterocycles. The summed E-state index contributed by atoms with van der Waals surface area (Å²) < 4.78 is 16.9. The molecule has 0 saturated heterocycles. The van der Waals surface area contributed by atoms with Crippen molar-refractivity contribution < 1.29 is 28.6 Å². The number of allylic oxidation sites excluding steroid dienone is 8. The van der Waals surface area contributed by atoms with E-state index in [1.54, 1.807) is 0 Å². The van der Waals surface area contributed by atoms with E-state index in [0.29, 0.717) is 19.3 Å². The first-order chi connectivity index (χ1) is 33.0. The van der Waals surface area contributed by atoms with Crippen LogP contribution in [0.4, 0.5) is 0 Å². The Bertz CT molecular complexity index is 1170. The lowest BCUT2D eigenvalue weighted by molar-refractivity contribution is -0.167. The van der Waals surface area contributed by atoms with Crippen LogP contribution < -0.4 is 0 Å². The molecule has 0 saturated carbocycles. The predicted molar refractivity (Wildman–Crippen MR) is 289 cm³/mol. The van der Waals surface area contributed by atoms with Gasteiger partial charge in [0.1, 0.15) is 13.2 Å². The van der Waals surface area contributed by atoms with Crippen LogP contribution in [0.1, 0.15) is 303 Å². The van der Waals surface area contributed by atoms with Crippen LogP contribution in [0.3, 0.4) is 0 Å². The van der Waals surface area contributed by atoms with E-state index in [9.17, 15) is 14.4 Å². The Morgan fingerprint density at radius 3 is 0.940 bits per heavy atom. The molecule has 1 atom stereocenters. The summed E-state index contributed by atoms with van der Waals surface area (Å²) in [5.74, 6) is -0.892. The SMILES string of the molecule is CC/C=C\C/C=C\C/C=C\CCCCCCCC(=O)OC(COC(=O)CCCCCCC/C=C\CCCCCC)COC(=O)CCCCCCCCCCCCCCCCCCCCCCC. The van der Waals surface area contributed by atoms with E-state index in [1.807, 2.05) is 0 Å². The lowest BCUT2D eigenvalue weighted by Gasteiger charge is -2.18. The molecule has 0 radical (unpaired) electrons. The van der Waals surface area contributed by atoms with Crippen molar-refractivity contribution in [3.63, 3.8) is 0 Å². The molecule has 0 aromatic carbocycles. The summed E-state index contributed by atoms with van der Waals surface area (Å²) in [5, 5.41) is 0. The first-order valence-electron chi connectivity index (χ1n) is 29.1. The van der Waals surface area contributed by atoms with Crippen molar-refractivity contribution >= 4 is 17.9 Å². The molecular weight excluding hydrogens is 829 g/mol. The van der Waals surface area contributed by atoms with Gasteiger partial charge in [-0.3, -0.25) is 14.4 Å². The average Bonchev–Trinajstić information content (AvgIpc) is 3.33. The third-order valence-electron chi connectivity index (χ3n) is 12.8. The second kappa shape index (κ2) is 56.0. The minimum atomic E-state index is -0.783. The van der Waals surface area contributed by atoms with Gasteiger partial charge in [-0.2, -0.15) is 0 Å². The maximum Gasteiger partial charge on any atom is 0.306 e. The number of rotatable bonds is 53. The maximum absolute atomic E-state index is 12.8. The Kier molecular flexibility index (Phi) is 53.8. The van der Waals surface area contributed by atoms with Gasteiger partial charge in [-0.25, -0.2) is 0 Å². The topological polar surface area (TPSA) is 78.9 Å². The number of unbranched alkanes of at least 4 members (excludes halogenated alkanes) is 34. The first-order valence-corrected chi connectivity index (χ1v) is 29.1. The molecule has 0 aliphatic heterocycles. The standard InChI is InChI=1S/C61H110O6/c1-4-7-10-13-16-19-22-25-27-28-29-30-31-32-34-36-39-42-45-48-51-54-60(63)66-57-58(56-65-59(62)53-50-47-44-41-38-35-24-21-18-15-12-9-6-3)67-61(64)55-52-49-46-43-40-37-33-26-23-20-17-14-11-8-5-2/h8,11,17,20-21,24,26,33,58H,4-7,9-10,12-16,18-19,22-23,25,27-32,34-57H2,1-3H3/b11-8-,20-17-,24-21-,33-26-. The van der Waals surface area contributed by atoms with Crippen LogP contribution >= 0.6 is 0 Å². The Balaban J connectivity index is 4.31. The van der Waals surface area contributed by atoms with E-state index in [4.69, 9.17) is 14.2 Å². The van der Waals surface area contributed by atoms with Crippen LogP contribution in [-0.4, -0.2) is 37.2 Å². The fourth-order valence-corrected chi connectivity index (χ4v) is 8.45. The fraction of sp³-hybridized carbons (Fsp3) is 0.820. The number of carbonyl (C=O) groups excluding carboxylic acids is 3. The van der Waals surface area contributed by atoms with Gasteiger partial charge in [0.15, 0.2) is 6.10 Å². The zero-order chi connectivity index (χ0) is 48.6. The summed E-state index contributed by atoms with van der Waals surface area (Å²) in [6, 6.07) is 0. The zero-order valence-corrected chi connectivity index (χ0v) is 44.7. The molecule has 0 aliphatic carbocycles. The lowest BCUT2D eigenvalue weighted by Crippen LogP contribution is -2.30. The molecule has 6 nitrogen and oxygen atoms in total. The van der Waals surface area contributed by atoms with Crippen molar-refractivity contribution in [1.29, 1.82) is 0 Å². The molecule has 6 heteroatoms. The first kappa shape index (κ1) is 64.4. The van der Waals surface area contributed by atoms with Crippen LogP contribution in [0.25, 0.3) is 0 Å². The van der Waals surface area contributed by atoms with Crippen LogP contribution in [0.2, 0.25) is 0 Å². The van der Waals surface area contributed by atoms with Crippen molar-refractivity contribution in [3.8, 4) is 0 Å². The summed E-state index contributed by atoms with van der Waals surface area (Å²) in [7, 11) is 0. The molecule has 0 spiro atoms. The largest absolute Gasteiger partial charge is 0.462 e. The molecule has 67 heavy (non-hydrogen) atoms. The highest BCUT2D eigenvalue weighted by atomic mass is 16.6. The van der Waals surface area contributed by atoms with E-state index in [0.717, 1.165) is 103 Å². The van der Waals surface area contributed by atoms with E-state index >= 15 is 0 Å². The smallest absolute Gasteiger partial charge is 0.306 e. The average molecular weight is 940 g/mol. The Labute approximate surface area is 416 Å².